The minimum atomic E-state index is 0.621. The molecule has 0 aliphatic carbocycles. The maximum absolute atomic E-state index is 6.12. The summed E-state index contributed by atoms with van der Waals surface area (Å²) < 4.78 is 6.71. The number of nitrogens with two attached hydrogens (primary N) is 2. The van der Waals surface area contributed by atoms with Crippen LogP contribution in [0.25, 0.3) is 0 Å². The van der Waals surface area contributed by atoms with E-state index in [0.717, 1.165) is 34.1 Å². The molecule has 2 aromatic carbocycles. The molecule has 0 spiro atoms. The van der Waals surface area contributed by atoms with Crippen LogP contribution in [0.4, 0.5) is 5.69 Å². The molecule has 7 heteroatoms. The quantitative estimate of drug-likeness (QED) is 0.406. The van der Waals surface area contributed by atoms with Crippen molar-refractivity contribution in [2.45, 2.75) is 17.3 Å². The number of hydrogen-bond donors (Lipinski definition) is 2. The zero-order chi connectivity index (χ0) is 16.9. The van der Waals surface area contributed by atoms with Crippen LogP contribution < -0.4 is 16.3 Å². The minimum absolute atomic E-state index is 0.621. The van der Waals surface area contributed by atoms with Crippen molar-refractivity contribution >= 4 is 17.4 Å². The number of nitrogen functional groups attached to an aromatic ring is 2. The van der Waals surface area contributed by atoms with Crippen LogP contribution in [0, 0.1) is 0 Å². The molecule has 0 aliphatic heterocycles. The number of ether oxygens (including phenoxy) is 1. The number of hydrogen-bond acceptors (Lipinski definition) is 6. The Labute approximate surface area is 144 Å². The fraction of sp³-hybridized carbons (Fsp3) is 0.176. The number of benzene rings is 2. The van der Waals surface area contributed by atoms with E-state index in [-0.39, 0.29) is 0 Å². The van der Waals surface area contributed by atoms with Gasteiger partial charge in [0.2, 0.25) is 5.16 Å². The average molecular weight is 341 g/mol. The Bertz CT molecular complexity index is 799. The van der Waals surface area contributed by atoms with Crippen molar-refractivity contribution in [1.29, 1.82) is 0 Å². The van der Waals surface area contributed by atoms with Gasteiger partial charge >= 0.3 is 0 Å². The first-order valence-corrected chi connectivity index (χ1v) is 8.44. The fourth-order valence-corrected chi connectivity index (χ4v) is 3.05. The Kier molecular flexibility index (Phi) is 4.90. The number of thioether (sulfide) groups is 1. The molecule has 0 saturated carbocycles. The van der Waals surface area contributed by atoms with Crippen LogP contribution >= 0.6 is 11.8 Å². The van der Waals surface area contributed by atoms with E-state index in [0.29, 0.717) is 11.6 Å². The molecule has 0 aliphatic rings. The SMILES string of the molecule is COc1ccc(Cc2nnc(SCc3ccc(N)cc3)n2N)cc1. The number of rotatable bonds is 6. The van der Waals surface area contributed by atoms with Crippen LogP contribution in [0.1, 0.15) is 17.0 Å². The van der Waals surface area contributed by atoms with Crippen LogP contribution in [0.3, 0.4) is 0 Å². The average Bonchev–Trinajstić information content (AvgIpc) is 2.95. The zero-order valence-electron chi connectivity index (χ0n) is 13.3. The molecule has 24 heavy (non-hydrogen) atoms. The van der Waals surface area contributed by atoms with Crippen molar-refractivity contribution in [3.63, 3.8) is 0 Å². The molecule has 1 heterocycles. The van der Waals surface area contributed by atoms with Crippen molar-refractivity contribution in [3.8, 4) is 5.75 Å². The minimum Gasteiger partial charge on any atom is -0.497 e. The second kappa shape index (κ2) is 7.27. The van der Waals surface area contributed by atoms with Crippen molar-refractivity contribution in [3.05, 3.63) is 65.5 Å². The lowest BCUT2D eigenvalue weighted by Gasteiger charge is -2.05. The summed E-state index contributed by atoms with van der Waals surface area (Å²) in [5.74, 6) is 8.43. The molecule has 124 valence electrons. The fourth-order valence-electron chi connectivity index (χ4n) is 2.21. The van der Waals surface area contributed by atoms with Gasteiger partial charge < -0.3 is 16.3 Å². The first-order chi connectivity index (χ1) is 11.7. The van der Waals surface area contributed by atoms with Crippen LogP contribution in [-0.4, -0.2) is 22.0 Å². The van der Waals surface area contributed by atoms with Crippen LogP contribution in [0.15, 0.2) is 53.7 Å². The second-order valence-corrected chi connectivity index (χ2v) is 6.27. The normalized spacial score (nSPS) is 10.7. The van der Waals surface area contributed by atoms with Gasteiger partial charge in [-0.2, -0.15) is 0 Å². The van der Waals surface area contributed by atoms with Crippen molar-refractivity contribution in [2.24, 2.45) is 0 Å². The van der Waals surface area contributed by atoms with Gasteiger partial charge in [-0.25, -0.2) is 4.68 Å². The highest BCUT2D eigenvalue weighted by molar-refractivity contribution is 7.98. The summed E-state index contributed by atoms with van der Waals surface area (Å²) in [4.78, 5) is 0. The lowest BCUT2D eigenvalue weighted by atomic mass is 10.1. The number of nitrogens with zero attached hydrogens (tertiary/aromatic N) is 3. The first kappa shape index (κ1) is 16.2. The maximum Gasteiger partial charge on any atom is 0.210 e. The molecular weight excluding hydrogens is 322 g/mol. The molecule has 1 aromatic heterocycles. The molecule has 0 bridgehead atoms. The summed E-state index contributed by atoms with van der Waals surface area (Å²) >= 11 is 1.55. The van der Waals surface area contributed by atoms with Crippen LogP contribution in [0.5, 0.6) is 5.75 Å². The van der Waals surface area contributed by atoms with E-state index in [1.807, 2.05) is 48.5 Å². The molecule has 3 aromatic rings. The molecule has 0 amide bonds. The van der Waals surface area contributed by atoms with E-state index >= 15 is 0 Å². The van der Waals surface area contributed by atoms with E-state index in [9.17, 15) is 0 Å². The van der Waals surface area contributed by atoms with Gasteiger partial charge in [0.15, 0.2) is 5.82 Å². The second-order valence-electron chi connectivity index (χ2n) is 5.32. The van der Waals surface area contributed by atoms with E-state index in [4.69, 9.17) is 16.3 Å². The maximum atomic E-state index is 6.12. The van der Waals surface area contributed by atoms with Crippen LogP contribution in [-0.2, 0) is 12.2 Å². The van der Waals surface area contributed by atoms with Gasteiger partial charge in [-0.05, 0) is 35.4 Å². The Balaban J connectivity index is 1.65. The third-order valence-electron chi connectivity index (χ3n) is 3.60. The first-order valence-electron chi connectivity index (χ1n) is 7.45. The predicted molar refractivity (Wildman–Crippen MR) is 96.4 cm³/mol. The molecular formula is C17H19N5OS. The molecule has 3 rings (SSSR count). The van der Waals surface area contributed by atoms with E-state index in [1.54, 1.807) is 23.5 Å². The monoisotopic (exact) mass is 341 g/mol. The lowest BCUT2D eigenvalue weighted by Crippen LogP contribution is -2.14. The summed E-state index contributed by atoms with van der Waals surface area (Å²) in [6.45, 7) is 0. The zero-order valence-corrected chi connectivity index (χ0v) is 14.2. The van der Waals surface area contributed by atoms with Gasteiger partial charge in [0.25, 0.3) is 0 Å². The highest BCUT2D eigenvalue weighted by Gasteiger charge is 2.11. The van der Waals surface area contributed by atoms with Gasteiger partial charge in [-0.3, -0.25) is 0 Å². The summed E-state index contributed by atoms with van der Waals surface area (Å²) in [5, 5.41) is 9.07. The molecule has 6 nitrogen and oxygen atoms in total. The Morgan fingerprint density at radius 2 is 1.67 bits per heavy atom. The standard InChI is InChI=1S/C17H19N5OS/c1-23-15-8-4-12(5-9-15)10-16-20-21-17(22(16)19)24-11-13-2-6-14(18)7-3-13/h2-9H,10-11,18-19H2,1H3. The summed E-state index contributed by atoms with van der Waals surface area (Å²) in [6, 6.07) is 15.6. The largest absolute Gasteiger partial charge is 0.497 e. The van der Waals surface area contributed by atoms with Crippen LogP contribution in [0.2, 0.25) is 0 Å². The van der Waals surface area contributed by atoms with E-state index in [2.05, 4.69) is 10.2 Å². The molecule has 0 saturated heterocycles. The predicted octanol–water partition coefficient (Wildman–Crippen LogP) is 2.47. The lowest BCUT2D eigenvalue weighted by molar-refractivity contribution is 0.414. The third kappa shape index (κ3) is 3.80. The molecule has 0 radical (unpaired) electrons. The van der Waals surface area contributed by atoms with Gasteiger partial charge in [0.1, 0.15) is 5.75 Å². The molecule has 0 atom stereocenters. The van der Waals surface area contributed by atoms with E-state index < -0.39 is 0 Å². The molecule has 0 fully saturated rings. The summed E-state index contributed by atoms with van der Waals surface area (Å²) in [7, 11) is 1.65. The van der Waals surface area contributed by atoms with Crippen molar-refractivity contribution in [1.82, 2.24) is 14.9 Å². The van der Waals surface area contributed by atoms with Gasteiger partial charge in [0.05, 0.1) is 7.11 Å². The third-order valence-corrected chi connectivity index (χ3v) is 4.62. The number of methoxy groups -OCH3 is 1. The number of aromatic nitrogens is 3. The molecule has 4 N–H and O–H groups in total. The Hall–Kier alpha value is -2.67. The Morgan fingerprint density at radius 1 is 1.00 bits per heavy atom. The number of anilines is 1. The summed E-state index contributed by atoms with van der Waals surface area (Å²) in [6.07, 6.45) is 0.621. The van der Waals surface area contributed by atoms with E-state index in [1.165, 1.54) is 0 Å². The topological polar surface area (TPSA) is 92.0 Å². The smallest absolute Gasteiger partial charge is 0.210 e. The van der Waals surface area contributed by atoms with Crippen molar-refractivity contribution < 1.29 is 4.74 Å². The highest BCUT2D eigenvalue weighted by Crippen LogP contribution is 2.22. The highest BCUT2D eigenvalue weighted by atomic mass is 32.2. The van der Waals surface area contributed by atoms with Gasteiger partial charge in [0, 0.05) is 17.9 Å². The summed E-state index contributed by atoms with van der Waals surface area (Å²) in [5.41, 5.74) is 8.71. The van der Waals surface area contributed by atoms with Gasteiger partial charge in [-0.15, -0.1) is 10.2 Å². The Morgan fingerprint density at radius 3 is 2.33 bits per heavy atom. The van der Waals surface area contributed by atoms with Crippen molar-refractivity contribution in [2.75, 3.05) is 18.7 Å². The van der Waals surface area contributed by atoms with Gasteiger partial charge in [-0.1, -0.05) is 36.0 Å². The molecule has 0 unspecified atom stereocenters.